The van der Waals surface area contributed by atoms with Crippen LogP contribution in [0.3, 0.4) is 0 Å². The number of amides is 1. The van der Waals surface area contributed by atoms with Crippen molar-refractivity contribution >= 4 is 21.4 Å². The number of carbonyl (C=O) groups excluding carboxylic acids is 1. The Hall–Kier alpha value is -2.74. The van der Waals surface area contributed by atoms with Gasteiger partial charge in [-0.25, -0.2) is 8.42 Å². The molecule has 0 bridgehead atoms. The van der Waals surface area contributed by atoms with E-state index in [-0.39, 0.29) is 17.2 Å². The number of aryl methyl sites for hydroxylation is 1. The van der Waals surface area contributed by atoms with Gasteiger partial charge in [0, 0.05) is 25.4 Å². The van der Waals surface area contributed by atoms with Crippen LogP contribution in [-0.4, -0.2) is 41.7 Å². The van der Waals surface area contributed by atoms with E-state index in [1.165, 1.54) is 12.1 Å². The minimum atomic E-state index is -3.22. The first kappa shape index (κ1) is 18.1. The highest BCUT2D eigenvalue weighted by Gasteiger charge is 2.09. The maximum Gasteiger partial charge on any atom is 0.224 e. The molecule has 0 atom stereocenters. The molecule has 26 heavy (non-hydrogen) atoms. The maximum atomic E-state index is 12.0. The molecule has 8 heteroatoms. The fourth-order valence-corrected chi connectivity index (χ4v) is 3.27. The molecule has 0 aliphatic carbocycles. The Kier molecular flexibility index (Phi) is 5.32. The van der Waals surface area contributed by atoms with Gasteiger partial charge in [-0.1, -0.05) is 18.2 Å². The largest absolute Gasteiger partial charge is 0.356 e. The van der Waals surface area contributed by atoms with Crippen LogP contribution in [0.1, 0.15) is 17.8 Å². The van der Waals surface area contributed by atoms with Gasteiger partial charge >= 0.3 is 0 Å². The lowest BCUT2D eigenvalue weighted by atomic mass is 10.1. The van der Waals surface area contributed by atoms with Crippen molar-refractivity contribution in [1.82, 2.24) is 19.9 Å². The number of benzene rings is 1. The van der Waals surface area contributed by atoms with Crippen molar-refractivity contribution in [3.05, 3.63) is 60.0 Å². The van der Waals surface area contributed by atoms with Crippen LogP contribution in [0.2, 0.25) is 0 Å². The van der Waals surface area contributed by atoms with Gasteiger partial charge in [-0.15, -0.1) is 10.2 Å². The highest BCUT2D eigenvalue weighted by Crippen LogP contribution is 2.11. The lowest BCUT2D eigenvalue weighted by Crippen LogP contribution is -2.26. The van der Waals surface area contributed by atoms with Crippen LogP contribution in [0, 0.1) is 0 Å². The van der Waals surface area contributed by atoms with Crippen molar-refractivity contribution in [2.75, 3.05) is 12.8 Å². The van der Waals surface area contributed by atoms with E-state index in [1.54, 1.807) is 12.1 Å². The van der Waals surface area contributed by atoms with Crippen molar-refractivity contribution in [3.63, 3.8) is 0 Å². The summed E-state index contributed by atoms with van der Waals surface area (Å²) in [7, 11) is -3.22. The third kappa shape index (κ3) is 4.45. The molecule has 0 fully saturated rings. The normalized spacial score (nSPS) is 11.6. The van der Waals surface area contributed by atoms with Crippen LogP contribution >= 0.6 is 0 Å². The number of hydrogen-bond donors (Lipinski definition) is 1. The number of fused-ring (bicyclic) bond motifs is 1. The van der Waals surface area contributed by atoms with Gasteiger partial charge in [0.05, 0.1) is 11.3 Å². The Labute approximate surface area is 152 Å². The van der Waals surface area contributed by atoms with Crippen molar-refractivity contribution < 1.29 is 13.2 Å². The van der Waals surface area contributed by atoms with Crippen molar-refractivity contribution in [2.24, 2.45) is 0 Å². The molecule has 136 valence electrons. The third-order valence-electron chi connectivity index (χ3n) is 4.00. The zero-order valence-corrected chi connectivity index (χ0v) is 15.2. The number of rotatable bonds is 7. The van der Waals surface area contributed by atoms with Gasteiger partial charge < -0.3 is 5.32 Å². The maximum absolute atomic E-state index is 12.0. The molecule has 1 N–H and O–H groups in total. The summed E-state index contributed by atoms with van der Waals surface area (Å²) in [5.41, 5.74) is 1.59. The highest BCUT2D eigenvalue weighted by molar-refractivity contribution is 7.90. The monoisotopic (exact) mass is 372 g/mol. The average Bonchev–Trinajstić information content (AvgIpc) is 3.02. The van der Waals surface area contributed by atoms with Crippen molar-refractivity contribution in [3.8, 4) is 0 Å². The molecule has 0 saturated heterocycles. The van der Waals surface area contributed by atoms with E-state index >= 15 is 0 Å². The number of nitrogens with zero attached hydrogens (tertiary/aromatic N) is 3. The molecule has 0 aliphatic heterocycles. The van der Waals surface area contributed by atoms with Gasteiger partial charge in [-0.2, -0.15) is 0 Å². The van der Waals surface area contributed by atoms with Gasteiger partial charge in [-0.05, 0) is 36.2 Å². The van der Waals surface area contributed by atoms with Crippen LogP contribution in [-0.2, 0) is 27.5 Å². The smallest absolute Gasteiger partial charge is 0.224 e. The van der Waals surface area contributed by atoms with Crippen LogP contribution in [0.5, 0.6) is 0 Å². The number of aromatic nitrogens is 3. The highest BCUT2D eigenvalue weighted by atomic mass is 32.2. The number of sulfone groups is 1. The molecule has 0 unspecified atom stereocenters. The molecule has 1 aromatic carbocycles. The summed E-state index contributed by atoms with van der Waals surface area (Å²) in [4.78, 5) is 12.3. The zero-order chi connectivity index (χ0) is 18.6. The molecule has 0 radical (unpaired) electrons. The topological polar surface area (TPSA) is 93.4 Å². The van der Waals surface area contributed by atoms with Crippen LogP contribution in [0.25, 0.3) is 5.65 Å². The molecule has 0 aliphatic rings. The quantitative estimate of drug-likeness (QED) is 0.633. The fourth-order valence-electron chi connectivity index (χ4n) is 2.64. The van der Waals surface area contributed by atoms with E-state index in [1.807, 2.05) is 28.8 Å². The first-order valence-corrected chi connectivity index (χ1v) is 10.2. The molecule has 3 aromatic rings. The van der Waals surface area contributed by atoms with Gasteiger partial charge in [0.15, 0.2) is 15.5 Å². The second-order valence-corrected chi connectivity index (χ2v) is 8.11. The van der Waals surface area contributed by atoms with E-state index < -0.39 is 9.84 Å². The summed E-state index contributed by atoms with van der Waals surface area (Å²) in [5.74, 6) is 0.773. The van der Waals surface area contributed by atoms with Crippen molar-refractivity contribution in [1.29, 1.82) is 0 Å². The summed E-state index contributed by atoms with van der Waals surface area (Å²) >= 11 is 0. The lowest BCUT2D eigenvalue weighted by molar-refractivity contribution is -0.120. The predicted octanol–water partition coefficient (Wildman–Crippen LogP) is 1.42. The average molecular weight is 372 g/mol. The van der Waals surface area contributed by atoms with Crippen LogP contribution in [0.4, 0.5) is 0 Å². The first-order chi connectivity index (χ1) is 12.4. The molecule has 0 saturated carbocycles. The van der Waals surface area contributed by atoms with E-state index in [4.69, 9.17) is 0 Å². The molecule has 0 spiro atoms. The second kappa shape index (κ2) is 7.65. The Morgan fingerprint density at radius 3 is 2.62 bits per heavy atom. The van der Waals surface area contributed by atoms with E-state index in [0.717, 1.165) is 29.7 Å². The lowest BCUT2D eigenvalue weighted by Gasteiger charge is -2.06. The number of hydrogen-bond acceptors (Lipinski definition) is 5. The fraction of sp³-hybridized carbons (Fsp3) is 0.278. The van der Waals surface area contributed by atoms with Gasteiger partial charge in [0.1, 0.15) is 5.82 Å². The Bertz CT molecular complexity index is 1010. The van der Waals surface area contributed by atoms with Gasteiger partial charge in [0.25, 0.3) is 0 Å². The summed E-state index contributed by atoms with van der Waals surface area (Å²) in [6.07, 6.45) is 4.78. The molecule has 2 heterocycles. The predicted molar refractivity (Wildman–Crippen MR) is 97.6 cm³/mol. The zero-order valence-electron chi connectivity index (χ0n) is 14.4. The Morgan fingerprint density at radius 1 is 1.12 bits per heavy atom. The minimum Gasteiger partial charge on any atom is -0.356 e. The van der Waals surface area contributed by atoms with Crippen molar-refractivity contribution in [2.45, 2.75) is 24.2 Å². The van der Waals surface area contributed by atoms with Gasteiger partial charge in [-0.3, -0.25) is 9.20 Å². The molecule has 3 rings (SSSR count). The summed E-state index contributed by atoms with van der Waals surface area (Å²) in [6, 6.07) is 12.1. The van der Waals surface area contributed by atoms with E-state index in [0.29, 0.717) is 13.0 Å². The van der Waals surface area contributed by atoms with E-state index in [9.17, 15) is 13.2 Å². The first-order valence-electron chi connectivity index (χ1n) is 8.28. The second-order valence-electron chi connectivity index (χ2n) is 6.09. The standard InChI is InChI=1S/C18H20N4O3S/c1-26(24,25)15-9-7-14(8-10-15)13-18(23)19-11-4-6-17-21-20-16-5-2-3-12-22(16)17/h2-3,5,7-10,12H,4,6,11,13H2,1H3,(H,19,23). The molecule has 1 amide bonds. The summed E-state index contributed by atoms with van der Waals surface area (Å²) in [5, 5.41) is 11.1. The number of pyridine rings is 1. The Morgan fingerprint density at radius 2 is 1.88 bits per heavy atom. The van der Waals surface area contributed by atoms with Gasteiger partial charge in [0.2, 0.25) is 5.91 Å². The summed E-state index contributed by atoms with van der Waals surface area (Å²) in [6.45, 7) is 0.544. The third-order valence-corrected chi connectivity index (χ3v) is 5.13. The molecule has 2 aromatic heterocycles. The number of nitrogens with one attached hydrogen (secondary N) is 1. The van der Waals surface area contributed by atoms with Crippen LogP contribution in [0.15, 0.2) is 53.6 Å². The van der Waals surface area contributed by atoms with E-state index in [2.05, 4.69) is 15.5 Å². The molecular formula is C18H20N4O3S. The Balaban J connectivity index is 1.46. The molecular weight excluding hydrogens is 352 g/mol. The minimum absolute atomic E-state index is 0.0943. The number of carbonyl (C=O) groups is 1. The summed E-state index contributed by atoms with van der Waals surface area (Å²) < 4.78 is 24.8. The molecule has 7 nitrogen and oxygen atoms in total. The van der Waals surface area contributed by atoms with Crippen LogP contribution < -0.4 is 5.32 Å². The SMILES string of the molecule is CS(=O)(=O)c1ccc(CC(=O)NCCCc2nnc3ccccn23)cc1.